The molecule has 0 unspecified atom stereocenters. The molecule has 0 fully saturated rings. The molecule has 2 aromatic carbocycles. The predicted molar refractivity (Wildman–Crippen MR) is 103 cm³/mol. The minimum atomic E-state index is -0.137. The van der Waals surface area contributed by atoms with Gasteiger partial charge in [0.1, 0.15) is 18.2 Å². The molecular formula is C20H24N4O2. The van der Waals surface area contributed by atoms with E-state index in [-0.39, 0.29) is 5.91 Å². The molecule has 6 nitrogen and oxygen atoms in total. The number of para-hydroxylation sites is 3. The molecule has 26 heavy (non-hydrogen) atoms. The molecule has 3 aromatic rings. The highest BCUT2D eigenvalue weighted by Crippen LogP contribution is 2.18. The van der Waals surface area contributed by atoms with Gasteiger partial charge in [0.15, 0.2) is 0 Å². The zero-order chi connectivity index (χ0) is 18.4. The van der Waals surface area contributed by atoms with Crippen LogP contribution < -0.4 is 10.1 Å². The Morgan fingerprint density at radius 2 is 1.92 bits per heavy atom. The third kappa shape index (κ3) is 4.61. The Morgan fingerprint density at radius 1 is 1.15 bits per heavy atom. The number of hydrogen-bond donors (Lipinski definition) is 2. The second kappa shape index (κ2) is 8.49. The number of H-pyrrole nitrogens is 1. The van der Waals surface area contributed by atoms with Crippen LogP contribution in [0.15, 0.2) is 48.5 Å². The predicted octanol–water partition coefficient (Wildman–Crippen LogP) is 2.48. The second-order valence-electron chi connectivity index (χ2n) is 6.35. The summed E-state index contributed by atoms with van der Waals surface area (Å²) in [6.07, 6.45) is 0.643. The number of aromatic nitrogens is 2. The normalized spacial score (nSPS) is 11.0. The van der Waals surface area contributed by atoms with Crippen LogP contribution in [-0.2, 0) is 6.42 Å². The highest BCUT2D eigenvalue weighted by molar-refractivity contribution is 5.96. The Balaban J connectivity index is 1.56. The number of fused-ring (bicyclic) bond motifs is 1. The summed E-state index contributed by atoms with van der Waals surface area (Å²) >= 11 is 0. The molecular weight excluding hydrogens is 328 g/mol. The molecule has 0 aliphatic carbocycles. The highest BCUT2D eigenvalue weighted by atomic mass is 16.5. The zero-order valence-electron chi connectivity index (χ0n) is 15.2. The smallest absolute Gasteiger partial charge is 0.255 e. The van der Waals surface area contributed by atoms with Crippen molar-refractivity contribution in [3.63, 3.8) is 0 Å². The minimum Gasteiger partial charge on any atom is -0.491 e. The van der Waals surface area contributed by atoms with Gasteiger partial charge >= 0.3 is 0 Å². The Hall–Kier alpha value is -2.86. The number of carbonyl (C=O) groups excluding carboxylic acids is 1. The maximum Gasteiger partial charge on any atom is 0.255 e. The fourth-order valence-electron chi connectivity index (χ4n) is 2.63. The summed E-state index contributed by atoms with van der Waals surface area (Å²) in [5, 5.41) is 2.94. The SMILES string of the molecule is CN(C)CCOc1ccccc1C(=O)NCCc1nc2ccccc2[nH]1. The summed E-state index contributed by atoms with van der Waals surface area (Å²) in [4.78, 5) is 22.3. The molecule has 1 amide bonds. The standard InChI is InChI=1S/C20H24N4O2/c1-24(2)13-14-26-18-10-6-3-7-15(18)20(25)21-12-11-19-22-16-8-4-5-9-17(16)23-19/h3-10H,11-14H2,1-2H3,(H,21,25)(H,22,23). The summed E-state index contributed by atoms with van der Waals surface area (Å²) in [6, 6.07) is 15.2. The average molecular weight is 352 g/mol. The van der Waals surface area contributed by atoms with Crippen molar-refractivity contribution in [2.75, 3.05) is 33.8 Å². The number of benzene rings is 2. The lowest BCUT2D eigenvalue weighted by molar-refractivity contribution is 0.0949. The van der Waals surface area contributed by atoms with Crippen molar-refractivity contribution in [2.45, 2.75) is 6.42 Å². The molecule has 3 rings (SSSR count). The zero-order valence-corrected chi connectivity index (χ0v) is 15.2. The number of amides is 1. The molecule has 0 radical (unpaired) electrons. The van der Waals surface area contributed by atoms with E-state index in [4.69, 9.17) is 4.74 Å². The number of nitrogens with one attached hydrogen (secondary N) is 2. The topological polar surface area (TPSA) is 70.2 Å². The molecule has 6 heteroatoms. The molecule has 0 aliphatic rings. The molecule has 1 aromatic heterocycles. The highest BCUT2D eigenvalue weighted by Gasteiger charge is 2.12. The molecule has 0 atom stereocenters. The number of rotatable bonds is 8. The summed E-state index contributed by atoms with van der Waals surface area (Å²) in [5.41, 5.74) is 2.50. The number of imidazole rings is 1. The van der Waals surface area contributed by atoms with E-state index < -0.39 is 0 Å². The van der Waals surface area contributed by atoms with Gasteiger partial charge in [-0.2, -0.15) is 0 Å². The first kappa shape index (κ1) is 17.9. The van der Waals surface area contributed by atoms with Gasteiger partial charge in [0.05, 0.1) is 16.6 Å². The van der Waals surface area contributed by atoms with Crippen LogP contribution in [0.2, 0.25) is 0 Å². The molecule has 0 bridgehead atoms. The van der Waals surface area contributed by atoms with Crippen molar-refractivity contribution in [3.05, 3.63) is 59.9 Å². The Kier molecular flexibility index (Phi) is 5.86. The lowest BCUT2D eigenvalue weighted by Crippen LogP contribution is -2.27. The largest absolute Gasteiger partial charge is 0.491 e. The van der Waals surface area contributed by atoms with E-state index in [1.165, 1.54) is 0 Å². The monoisotopic (exact) mass is 352 g/mol. The van der Waals surface area contributed by atoms with Crippen LogP contribution in [0.4, 0.5) is 0 Å². The summed E-state index contributed by atoms with van der Waals surface area (Å²) in [6.45, 7) is 1.84. The van der Waals surface area contributed by atoms with Crippen molar-refractivity contribution in [1.29, 1.82) is 0 Å². The number of likely N-dealkylation sites (N-methyl/N-ethyl adjacent to an activating group) is 1. The lowest BCUT2D eigenvalue weighted by Gasteiger charge is -2.13. The first-order valence-corrected chi connectivity index (χ1v) is 8.72. The van der Waals surface area contributed by atoms with Crippen molar-refractivity contribution < 1.29 is 9.53 Å². The van der Waals surface area contributed by atoms with Crippen molar-refractivity contribution in [3.8, 4) is 5.75 Å². The fraction of sp³-hybridized carbons (Fsp3) is 0.300. The van der Waals surface area contributed by atoms with Gasteiger partial charge in [0, 0.05) is 19.5 Å². The molecule has 0 aliphatic heterocycles. The number of ether oxygens (including phenoxy) is 1. The van der Waals surface area contributed by atoms with Crippen LogP contribution in [0.3, 0.4) is 0 Å². The maximum absolute atomic E-state index is 12.5. The third-order valence-corrected chi connectivity index (χ3v) is 4.01. The van der Waals surface area contributed by atoms with Gasteiger partial charge in [-0.05, 0) is 38.4 Å². The number of nitrogens with zero attached hydrogens (tertiary/aromatic N) is 2. The van der Waals surface area contributed by atoms with E-state index in [0.29, 0.717) is 30.9 Å². The average Bonchev–Trinajstić information content (AvgIpc) is 3.04. The van der Waals surface area contributed by atoms with E-state index >= 15 is 0 Å². The molecule has 136 valence electrons. The van der Waals surface area contributed by atoms with Crippen molar-refractivity contribution in [1.82, 2.24) is 20.2 Å². The number of hydrogen-bond acceptors (Lipinski definition) is 4. The fourth-order valence-corrected chi connectivity index (χ4v) is 2.63. The van der Waals surface area contributed by atoms with Crippen LogP contribution in [-0.4, -0.2) is 54.6 Å². The Labute approximate surface area is 153 Å². The van der Waals surface area contributed by atoms with E-state index in [1.54, 1.807) is 6.07 Å². The van der Waals surface area contributed by atoms with E-state index in [0.717, 1.165) is 23.4 Å². The van der Waals surface area contributed by atoms with Crippen molar-refractivity contribution in [2.24, 2.45) is 0 Å². The molecule has 1 heterocycles. The van der Waals surface area contributed by atoms with Gasteiger partial charge in [-0.25, -0.2) is 4.98 Å². The first-order valence-electron chi connectivity index (χ1n) is 8.72. The van der Waals surface area contributed by atoms with Crippen molar-refractivity contribution >= 4 is 16.9 Å². The Bertz CT molecular complexity index is 840. The maximum atomic E-state index is 12.5. The number of carbonyl (C=O) groups is 1. The molecule has 0 saturated carbocycles. The quantitative estimate of drug-likeness (QED) is 0.653. The van der Waals surface area contributed by atoms with Crippen LogP contribution in [0.1, 0.15) is 16.2 Å². The van der Waals surface area contributed by atoms with Gasteiger partial charge < -0.3 is 19.9 Å². The van der Waals surface area contributed by atoms with E-state index in [2.05, 4.69) is 15.3 Å². The van der Waals surface area contributed by atoms with Gasteiger partial charge in [-0.3, -0.25) is 4.79 Å². The van der Waals surface area contributed by atoms with Gasteiger partial charge in [-0.15, -0.1) is 0 Å². The third-order valence-electron chi connectivity index (χ3n) is 4.01. The van der Waals surface area contributed by atoms with Crippen LogP contribution in [0.5, 0.6) is 5.75 Å². The van der Waals surface area contributed by atoms with Crippen LogP contribution >= 0.6 is 0 Å². The lowest BCUT2D eigenvalue weighted by atomic mass is 10.2. The minimum absolute atomic E-state index is 0.137. The van der Waals surface area contributed by atoms with E-state index in [1.807, 2.05) is 61.5 Å². The van der Waals surface area contributed by atoms with Crippen LogP contribution in [0, 0.1) is 0 Å². The summed E-state index contributed by atoms with van der Waals surface area (Å²) in [7, 11) is 3.97. The van der Waals surface area contributed by atoms with Crippen LogP contribution in [0.25, 0.3) is 11.0 Å². The van der Waals surface area contributed by atoms with Gasteiger partial charge in [0.25, 0.3) is 5.91 Å². The molecule has 0 saturated heterocycles. The Morgan fingerprint density at radius 3 is 2.73 bits per heavy atom. The van der Waals surface area contributed by atoms with Gasteiger partial charge in [-0.1, -0.05) is 24.3 Å². The molecule has 0 spiro atoms. The summed E-state index contributed by atoms with van der Waals surface area (Å²) < 4.78 is 5.75. The van der Waals surface area contributed by atoms with Gasteiger partial charge in [0.2, 0.25) is 0 Å². The molecule has 2 N–H and O–H groups in total. The summed E-state index contributed by atoms with van der Waals surface area (Å²) in [5.74, 6) is 1.33. The second-order valence-corrected chi connectivity index (χ2v) is 6.35. The van der Waals surface area contributed by atoms with E-state index in [9.17, 15) is 4.79 Å². The number of aromatic amines is 1. The first-order chi connectivity index (χ1) is 12.6.